The summed E-state index contributed by atoms with van der Waals surface area (Å²) in [4.78, 5) is 4.95. The molecule has 0 N–H and O–H groups in total. The topological polar surface area (TPSA) is 21.6 Å². The molecule has 0 spiro atoms. The van der Waals surface area contributed by atoms with E-state index >= 15 is 0 Å². The first-order valence-corrected chi connectivity index (χ1v) is 9.60. The van der Waals surface area contributed by atoms with E-state index in [1.165, 1.54) is 24.0 Å². The zero-order valence-electron chi connectivity index (χ0n) is 15.4. The van der Waals surface area contributed by atoms with Crippen LogP contribution in [-0.2, 0) is 11.2 Å². The van der Waals surface area contributed by atoms with Crippen molar-refractivity contribution in [3.05, 3.63) is 71.3 Å². The van der Waals surface area contributed by atoms with Gasteiger partial charge in [-0.3, -0.25) is 0 Å². The number of hydrogen-bond donors (Lipinski definition) is 0. The van der Waals surface area contributed by atoms with E-state index in [4.69, 9.17) is 9.73 Å². The van der Waals surface area contributed by atoms with E-state index in [2.05, 4.69) is 68.4 Å². The lowest BCUT2D eigenvalue weighted by atomic mass is 9.97. The van der Waals surface area contributed by atoms with Gasteiger partial charge in [-0.1, -0.05) is 67.8 Å². The third-order valence-electron chi connectivity index (χ3n) is 4.90. The van der Waals surface area contributed by atoms with Crippen LogP contribution < -0.4 is 0 Å². The van der Waals surface area contributed by atoms with Crippen LogP contribution in [0.1, 0.15) is 55.7 Å². The summed E-state index contributed by atoms with van der Waals surface area (Å²) in [6.07, 6.45) is 7.07. The van der Waals surface area contributed by atoms with Crippen molar-refractivity contribution in [2.75, 3.05) is 0 Å². The Morgan fingerprint density at radius 2 is 1.76 bits per heavy atom. The van der Waals surface area contributed by atoms with E-state index in [1.807, 2.05) is 0 Å². The largest absolute Gasteiger partial charge is 0.474 e. The Hall–Kier alpha value is -2.09. The zero-order chi connectivity index (χ0) is 17.5. The second kappa shape index (κ2) is 8.84. The van der Waals surface area contributed by atoms with Crippen molar-refractivity contribution in [3.63, 3.8) is 0 Å². The molecule has 1 aliphatic heterocycles. The Kier molecular flexibility index (Phi) is 6.27. The quantitative estimate of drug-likeness (QED) is 0.634. The molecule has 0 saturated heterocycles. The summed E-state index contributed by atoms with van der Waals surface area (Å²) in [6.45, 7) is 4.35. The van der Waals surface area contributed by atoms with Gasteiger partial charge in [0.2, 0.25) is 5.90 Å². The van der Waals surface area contributed by atoms with Crippen LogP contribution in [0.2, 0.25) is 0 Å². The van der Waals surface area contributed by atoms with Gasteiger partial charge in [0.1, 0.15) is 6.10 Å². The molecule has 0 amide bonds. The Balaban J connectivity index is 1.72. The van der Waals surface area contributed by atoms with E-state index in [9.17, 15) is 0 Å². The number of unbranched alkanes of at least 4 members (excludes halogenated alkanes) is 1. The van der Waals surface area contributed by atoms with Gasteiger partial charge in [0.15, 0.2) is 0 Å². The van der Waals surface area contributed by atoms with Gasteiger partial charge in [0, 0.05) is 12.0 Å². The molecule has 0 saturated carbocycles. The van der Waals surface area contributed by atoms with E-state index < -0.39 is 0 Å². The van der Waals surface area contributed by atoms with Crippen LogP contribution in [0.15, 0.2) is 59.6 Å². The fraction of sp³-hybridized carbons (Fsp3) is 0.435. The minimum atomic E-state index is 0.300. The molecule has 3 rings (SSSR count). The van der Waals surface area contributed by atoms with Gasteiger partial charge in [0.05, 0.1) is 6.04 Å². The van der Waals surface area contributed by atoms with E-state index in [0.29, 0.717) is 12.1 Å². The molecule has 2 aromatic carbocycles. The Morgan fingerprint density at radius 1 is 1.00 bits per heavy atom. The summed E-state index contributed by atoms with van der Waals surface area (Å²) < 4.78 is 6.25. The van der Waals surface area contributed by atoms with E-state index in [1.54, 1.807) is 0 Å². The van der Waals surface area contributed by atoms with Crippen LogP contribution in [0.5, 0.6) is 0 Å². The van der Waals surface area contributed by atoms with Crippen LogP contribution in [-0.4, -0.2) is 18.0 Å². The molecule has 0 radical (unpaired) electrons. The molecular weight excluding hydrogens is 306 g/mol. The van der Waals surface area contributed by atoms with Gasteiger partial charge in [-0.25, -0.2) is 4.99 Å². The average molecular weight is 335 g/mol. The first-order valence-electron chi connectivity index (χ1n) is 9.60. The SMILES string of the molecule is CCCC[C@H]1C[C@H](CCc2ccccc2)N=C(c2ccc(C)cc2)O1. The highest BCUT2D eigenvalue weighted by atomic mass is 16.5. The molecule has 1 heterocycles. The number of aryl methyl sites for hydroxylation is 2. The van der Waals surface area contributed by atoms with Gasteiger partial charge >= 0.3 is 0 Å². The molecule has 1 aliphatic rings. The fourth-order valence-corrected chi connectivity index (χ4v) is 3.37. The lowest BCUT2D eigenvalue weighted by molar-refractivity contribution is 0.137. The van der Waals surface area contributed by atoms with Crippen LogP contribution in [0.4, 0.5) is 0 Å². The Bertz CT molecular complexity index is 675. The zero-order valence-corrected chi connectivity index (χ0v) is 15.4. The third kappa shape index (κ3) is 5.19. The number of ether oxygens (including phenoxy) is 1. The van der Waals surface area contributed by atoms with Crippen molar-refractivity contribution >= 4 is 5.90 Å². The molecule has 0 fully saturated rings. The molecule has 0 aromatic heterocycles. The van der Waals surface area contributed by atoms with Crippen molar-refractivity contribution in [1.82, 2.24) is 0 Å². The van der Waals surface area contributed by atoms with Gasteiger partial charge < -0.3 is 4.74 Å². The monoisotopic (exact) mass is 335 g/mol. The maximum absolute atomic E-state index is 6.25. The second-order valence-corrected chi connectivity index (χ2v) is 7.10. The summed E-state index contributed by atoms with van der Waals surface area (Å²) >= 11 is 0. The highest BCUT2D eigenvalue weighted by molar-refractivity contribution is 5.94. The van der Waals surface area contributed by atoms with Gasteiger partial charge in [-0.2, -0.15) is 0 Å². The van der Waals surface area contributed by atoms with E-state index in [-0.39, 0.29) is 0 Å². The lowest BCUT2D eigenvalue weighted by Gasteiger charge is -2.29. The van der Waals surface area contributed by atoms with Crippen molar-refractivity contribution in [1.29, 1.82) is 0 Å². The Morgan fingerprint density at radius 3 is 2.48 bits per heavy atom. The van der Waals surface area contributed by atoms with Crippen LogP contribution in [0.25, 0.3) is 0 Å². The maximum atomic E-state index is 6.25. The summed E-state index contributed by atoms with van der Waals surface area (Å²) in [7, 11) is 0. The molecule has 0 aliphatic carbocycles. The molecule has 0 unspecified atom stereocenters. The minimum absolute atomic E-state index is 0.300. The summed E-state index contributed by atoms with van der Waals surface area (Å²) in [5, 5.41) is 0. The van der Waals surface area contributed by atoms with E-state index in [0.717, 1.165) is 37.1 Å². The second-order valence-electron chi connectivity index (χ2n) is 7.10. The number of aliphatic imine (C=N–C) groups is 1. The third-order valence-corrected chi connectivity index (χ3v) is 4.90. The number of hydrogen-bond acceptors (Lipinski definition) is 2. The van der Waals surface area contributed by atoms with Gasteiger partial charge in [0.25, 0.3) is 0 Å². The lowest BCUT2D eigenvalue weighted by Crippen LogP contribution is -2.30. The fourth-order valence-electron chi connectivity index (χ4n) is 3.37. The highest BCUT2D eigenvalue weighted by Crippen LogP contribution is 2.24. The molecule has 2 nitrogen and oxygen atoms in total. The highest BCUT2D eigenvalue weighted by Gasteiger charge is 2.25. The molecule has 132 valence electrons. The van der Waals surface area contributed by atoms with Gasteiger partial charge in [-0.15, -0.1) is 0 Å². The summed E-state index contributed by atoms with van der Waals surface area (Å²) in [5.41, 5.74) is 3.77. The minimum Gasteiger partial charge on any atom is -0.474 e. The number of nitrogens with zero attached hydrogens (tertiary/aromatic N) is 1. The van der Waals surface area contributed by atoms with Crippen molar-refractivity contribution in [2.45, 2.75) is 64.5 Å². The van der Waals surface area contributed by atoms with Crippen LogP contribution in [0, 0.1) is 6.92 Å². The van der Waals surface area contributed by atoms with Crippen molar-refractivity contribution in [2.24, 2.45) is 4.99 Å². The molecular formula is C23H29NO. The first-order chi connectivity index (χ1) is 12.2. The molecule has 2 aromatic rings. The number of rotatable bonds is 7. The van der Waals surface area contributed by atoms with Crippen molar-refractivity contribution in [3.8, 4) is 0 Å². The van der Waals surface area contributed by atoms with Gasteiger partial charge in [-0.05, 0) is 43.9 Å². The predicted molar refractivity (Wildman–Crippen MR) is 105 cm³/mol. The van der Waals surface area contributed by atoms with Crippen molar-refractivity contribution < 1.29 is 4.74 Å². The summed E-state index contributed by atoms with van der Waals surface area (Å²) in [6, 6.07) is 19.6. The normalized spacial score (nSPS) is 20.0. The predicted octanol–water partition coefficient (Wildman–Crippen LogP) is 5.72. The van der Waals surface area contributed by atoms with Crippen LogP contribution in [0.3, 0.4) is 0 Å². The average Bonchev–Trinajstić information content (AvgIpc) is 2.66. The maximum Gasteiger partial charge on any atom is 0.216 e. The van der Waals surface area contributed by atoms with Crippen LogP contribution >= 0.6 is 0 Å². The molecule has 25 heavy (non-hydrogen) atoms. The molecule has 0 bridgehead atoms. The first kappa shape index (κ1) is 17.7. The molecule has 2 heteroatoms. The summed E-state index contributed by atoms with van der Waals surface area (Å²) in [5.74, 6) is 0.838. The number of benzene rings is 2. The smallest absolute Gasteiger partial charge is 0.216 e. The standard InChI is InChI=1S/C23H29NO/c1-3-4-10-22-17-21(16-13-19-8-6-5-7-9-19)24-23(25-22)20-14-11-18(2)12-15-20/h5-9,11-12,14-15,21-22H,3-4,10,13,16-17H2,1-2H3/t21-,22-/m0/s1. The molecule has 2 atom stereocenters. The Labute approximate surface area is 152 Å².